The van der Waals surface area contributed by atoms with Crippen molar-refractivity contribution in [3.63, 3.8) is 0 Å². The molecular formula is C58H45N. The lowest BCUT2D eigenvalue weighted by Gasteiger charge is -2.35. The zero-order valence-corrected chi connectivity index (χ0v) is 33.3. The molecule has 0 unspecified atom stereocenters. The van der Waals surface area contributed by atoms with Crippen LogP contribution in [-0.4, -0.2) is 0 Å². The molecule has 0 spiro atoms. The molecule has 9 aromatic carbocycles. The average molecular weight is 756 g/mol. The van der Waals surface area contributed by atoms with Crippen molar-refractivity contribution < 1.29 is 0 Å². The predicted molar refractivity (Wildman–Crippen MR) is 249 cm³/mol. The fourth-order valence-corrected chi connectivity index (χ4v) is 9.31. The maximum absolute atomic E-state index is 2.47. The zero-order valence-electron chi connectivity index (χ0n) is 33.3. The first-order valence-corrected chi connectivity index (χ1v) is 20.8. The van der Waals surface area contributed by atoms with E-state index in [1.807, 2.05) is 0 Å². The number of hydrogen-bond donors (Lipinski definition) is 0. The maximum atomic E-state index is 2.47. The molecular weight excluding hydrogens is 711 g/mol. The summed E-state index contributed by atoms with van der Waals surface area (Å²) in [7, 11) is 0. The van der Waals surface area contributed by atoms with E-state index in [0.717, 1.165) is 29.9 Å². The first-order chi connectivity index (χ1) is 29.2. The van der Waals surface area contributed by atoms with E-state index < -0.39 is 5.41 Å². The summed E-state index contributed by atoms with van der Waals surface area (Å²) in [6, 6.07) is 85.0. The van der Waals surface area contributed by atoms with Gasteiger partial charge in [0.25, 0.3) is 0 Å². The van der Waals surface area contributed by atoms with Crippen molar-refractivity contribution in [1.29, 1.82) is 0 Å². The minimum absolute atomic E-state index is 0.509. The van der Waals surface area contributed by atoms with Crippen LogP contribution in [0.1, 0.15) is 41.2 Å². The average Bonchev–Trinajstić information content (AvgIpc) is 3.61. The number of aryl methyl sites for hydroxylation is 1. The van der Waals surface area contributed by atoms with Gasteiger partial charge < -0.3 is 4.90 Å². The quantitative estimate of drug-likeness (QED) is 0.134. The molecule has 0 amide bonds. The lowest BCUT2D eigenvalue weighted by atomic mass is 9.67. The van der Waals surface area contributed by atoms with Crippen LogP contribution in [0.25, 0.3) is 44.5 Å². The van der Waals surface area contributed by atoms with E-state index in [2.05, 4.69) is 242 Å². The summed E-state index contributed by atoms with van der Waals surface area (Å²) in [5, 5.41) is 0. The molecule has 59 heavy (non-hydrogen) atoms. The van der Waals surface area contributed by atoms with Crippen molar-refractivity contribution in [3.05, 3.63) is 258 Å². The van der Waals surface area contributed by atoms with Gasteiger partial charge >= 0.3 is 0 Å². The summed E-state index contributed by atoms with van der Waals surface area (Å²) in [4.78, 5) is 2.46. The third-order valence-electron chi connectivity index (χ3n) is 12.0. The lowest BCUT2D eigenvalue weighted by Crippen LogP contribution is -2.28. The summed E-state index contributed by atoms with van der Waals surface area (Å²) < 4.78 is 0. The highest BCUT2D eigenvalue weighted by atomic mass is 15.1. The first-order valence-electron chi connectivity index (χ1n) is 20.8. The molecule has 282 valence electrons. The highest BCUT2D eigenvalue weighted by molar-refractivity contribution is 5.91. The number of rotatable bonds is 10. The van der Waals surface area contributed by atoms with Crippen molar-refractivity contribution in [2.75, 3.05) is 4.90 Å². The highest BCUT2D eigenvalue weighted by Crippen LogP contribution is 2.57. The predicted octanol–water partition coefficient (Wildman–Crippen LogP) is 15.5. The van der Waals surface area contributed by atoms with Crippen LogP contribution in [0.2, 0.25) is 0 Å². The van der Waals surface area contributed by atoms with Crippen molar-refractivity contribution in [2.45, 2.75) is 25.2 Å². The second kappa shape index (κ2) is 15.6. The summed E-state index contributed by atoms with van der Waals surface area (Å²) in [5.41, 5.74) is 19.0. The third kappa shape index (κ3) is 6.55. The molecule has 0 N–H and O–H groups in total. The Kier molecular flexibility index (Phi) is 9.56. The van der Waals surface area contributed by atoms with E-state index in [0.29, 0.717) is 0 Å². The molecule has 10 rings (SSSR count). The van der Waals surface area contributed by atoms with E-state index >= 15 is 0 Å². The number of anilines is 3. The molecule has 9 aromatic rings. The van der Waals surface area contributed by atoms with Gasteiger partial charge in [-0.15, -0.1) is 0 Å². The second-order valence-electron chi connectivity index (χ2n) is 15.6. The lowest BCUT2D eigenvalue weighted by molar-refractivity contribution is 0.768. The van der Waals surface area contributed by atoms with E-state index in [1.165, 1.54) is 72.3 Å². The largest absolute Gasteiger partial charge is 0.310 e. The number of benzene rings is 9. The molecule has 1 nitrogen and oxygen atoms in total. The van der Waals surface area contributed by atoms with Crippen molar-refractivity contribution in [2.24, 2.45) is 0 Å². The van der Waals surface area contributed by atoms with E-state index in [-0.39, 0.29) is 0 Å². The van der Waals surface area contributed by atoms with Gasteiger partial charge in [0.2, 0.25) is 0 Å². The Morgan fingerprint density at radius 1 is 0.339 bits per heavy atom. The molecule has 1 aliphatic rings. The van der Waals surface area contributed by atoms with Crippen LogP contribution in [0.4, 0.5) is 17.1 Å². The fourth-order valence-electron chi connectivity index (χ4n) is 9.31. The summed E-state index contributed by atoms with van der Waals surface area (Å²) in [5.74, 6) is 0. The van der Waals surface area contributed by atoms with Gasteiger partial charge in [0.1, 0.15) is 0 Å². The molecule has 1 aliphatic carbocycles. The molecule has 0 heterocycles. The smallest absolute Gasteiger partial charge is 0.0714 e. The molecule has 0 aliphatic heterocycles. The summed E-state index contributed by atoms with van der Waals surface area (Å²) in [6.45, 7) is 2.24. The van der Waals surface area contributed by atoms with Crippen molar-refractivity contribution in [1.82, 2.24) is 0 Å². The molecule has 0 fully saturated rings. The second-order valence-corrected chi connectivity index (χ2v) is 15.6. The molecule has 0 radical (unpaired) electrons. The van der Waals surface area contributed by atoms with E-state index in [4.69, 9.17) is 0 Å². The highest BCUT2D eigenvalue weighted by Gasteiger charge is 2.46. The van der Waals surface area contributed by atoms with Gasteiger partial charge in [-0.05, 0) is 121 Å². The van der Waals surface area contributed by atoms with Crippen LogP contribution in [0.5, 0.6) is 0 Å². The Labute approximate surface area is 348 Å². The molecule has 0 saturated carbocycles. The Hall–Kier alpha value is -7.22. The van der Waals surface area contributed by atoms with Crippen LogP contribution in [-0.2, 0) is 11.8 Å². The number of hydrogen-bond acceptors (Lipinski definition) is 1. The van der Waals surface area contributed by atoms with Crippen LogP contribution in [0.3, 0.4) is 0 Å². The third-order valence-corrected chi connectivity index (χ3v) is 12.0. The monoisotopic (exact) mass is 755 g/mol. The minimum Gasteiger partial charge on any atom is -0.310 e. The van der Waals surface area contributed by atoms with Gasteiger partial charge in [-0.1, -0.05) is 201 Å². The number of fused-ring (bicyclic) bond motifs is 3. The van der Waals surface area contributed by atoms with Gasteiger partial charge in [-0.2, -0.15) is 0 Å². The Balaban J connectivity index is 1.23. The fraction of sp³-hybridized carbons (Fsp3) is 0.0690. The standard InChI is InChI=1S/C58H45N/c1-2-17-42-28-30-46(31-29-42)48-38-47(44-20-9-4-10-21-44)39-53(40-48)59(51-34-32-45(33-35-51)43-18-7-3-8-19-43)52-36-37-55-54-26-15-16-27-56(54)58(57(55)41-52,49-22-11-5-12-23-49)50-24-13-6-14-25-50/h3-16,18-41H,2,17H2,1H3. The summed E-state index contributed by atoms with van der Waals surface area (Å²) >= 11 is 0. The first kappa shape index (κ1) is 36.1. The van der Waals surface area contributed by atoms with E-state index in [1.54, 1.807) is 0 Å². The van der Waals surface area contributed by atoms with Gasteiger partial charge in [0, 0.05) is 17.1 Å². The molecule has 1 heteroatoms. The van der Waals surface area contributed by atoms with Crippen LogP contribution in [0, 0.1) is 0 Å². The Bertz CT molecular complexity index is 2800. The SMILES string of the molecule is CCCc1ccc(-c2cc(-c3ccccc3)cc(N(c3ccc(-c4ccccc4)cc3)c3ccc4c(c3)C(c3ccccc3)(c3ccccc3)c3ccccc3-4)c2)cc1. The Morgan fingerprint density at radius 2 is 0.797 bits per heavy atom. The topological polar surface area (TPSA) is 3.24 Å². The minimum atomic E-state index is -0.509. The Morgan fingerprint density at radius 3 is 1.39 bits per heavy atom. The van der Waals surface area contributed by atoms with Gasteiger partial charge in [0.05, 0.1) is 5.41 Å². The van der Waals surface area contributed by atoms with Crippen molar-refractivity contribution >= 4 is 17.1 Å². The normalized spacial score (nSPS) is 12.4. The number of nitrogens with zero attached hydrogens (tertiary/aromatic N) is 1. The van der Waals surface area contributed by atoms with Gasteiger partial charge in [-0.25, -0.2) is 0 Å². The molecule has 0 bridgehead atoms. The maximum Gasteiger partial charge on any atom is 0.0714 e. The van der Waals surface area contributed by atoms with Gasteiger partial charge in [-0.3, -0.25) is 0 Å². The van der Waals surface area contributed by atoms with Gasteiger partial charge in [0.15, 0.2) is 0 Å². The van der Waals surface area contributed by atoms with Crippen LogP contribution >= 0.6 is 0 Å². The molecule has 0 aromatic heterocycles. The molecule has 0 saturated heterocycles. The molecule has 0 atom stereocenters. The van der Waals surface area contributed by atoms with Crippen molar-refractivity contribution in [3.8, 4) is 44.5 Å². The zero-order chi connectivity index (χ0) is 39.6. The van der Waals surface area contributed by atoms with E-state index in [9.17, 15) is 0 Å². The van der Waals surface area contributed by atoms with Crippen LogP contribution in [0.15, 0.2) is 231 Å². The summed E-state index contributed by atoms with van der Waals surface area (Å²) in [6.07, 6.45) is 2.21. The van der Waals surface area contributed by atoms with Crippen LogP contribution < -0.4 is 4.90 Å².